The fourth-order valence-corrected chi connectivity index (χ4v) is 3.33. The van der Waals surface area contributed by atoms with Crippen molar-refractivity contribution >= 4 is 29.5 Å². The average molecular weight is 286 g/mol. The van der Waals surface area contributed by atoms with Crippen molar-refractivity contribution in [3.8, 4) is 0 Å². The van der Waals surface area contributed by atoms with Gasteiger partial charge in [-0.1, -0.05) is 0 Å². The number of carbonyl (C=O) groups is 3. The molecule has 2 rings (SSSR count). The van der Waals surface area contributed by atoms with E-state index >= 15 is 0 Å². The number of rotatable bonds is 7. The molecule has 1 saturated carbocycles. The summed E-state index contributed by atoms with van der Waals surface area (Å²) in [6, 6.07) is 0.371. The fourth-order valence-electron chi connectivity index (χ4n) is 2.77. The number of thioether (sulfide) groups is 1. The van der Waals surface area contributed by atoms with Gasteiger partial charge in [0.2, 0.25) is 11.8 Å². The van der Waals surface area contributed by atoms with Crippen LogP contribution in [-0.2, 0) is 14.4 Å². The van der Waals surface area contributed by atoms with Crippen molar-refractivity contribution in [3.05, 3.63) is 0 Å². The van der Waals surface area contributed by atoms with Gasteiger partial charge >= 0.3 is 5.97 Å². The van der Waals surface area contributed by atoms with Gasteiger partial charge in [0.25, 0.3) is 0 Å². The molecule has 1 heterocycles. The molecule has 2 fully saturated rings. The van der Waals surface area contributed by atoms with Crippen LogP contribution in [0.1, 0.15) is 19.3 Å². The maximum atomic E-state index is 11.8. The van der Waals surface area contributed by atoms with Crippen LogP contribution in [0.25, 0.3) is 0 Å². The molecule has 1 aliphatic heterocycles. The minimum absolute atomic E-state index is 0.0677. The number of aliphatic carboxylic acids is 1. The van der Waals surface area contributed by atoms with E-state index in [4.69, 9.17) is 5.11 Å². The maximum absolute atomic E-state index is 11.8. The van der Waals surface area contributed by atoms with Gasteiger partial charge in [-0.3, -0.25) is 14.4 Å². The van der Waals surface area contributed by atoms with E-state index in [1.165, 1.54) is 0 Å². The molecule has 1 saturated heterocycles. The molecule has 0 radical (unpaired) electrons. The number of likely N-dealkylation sites (tertiary alicyclic amines) is 1. The molecule has 2 amide bonds. The molecule has 106 valence electrons. The predicted molar refractivity (Wildman–Crippen MR) is 70.8 cm³/mol. The molecular weight excluding hydrogens is 268 g/mol. The largest absolute Gasteiger partial charge is 0.481 e. The first-order valence-corrected chi connectivity index (χ1v) is 7.60. The summed E-state index contributed by atoms with van der Waals surface area (Å²) in [7, 11) is 0. The van der Waals surface area contributed by atoms with Gasteiger partial charge in [0.15, 0.2) is 0 Å². The van der Waals surface area contributed by atoms with Crippen molar-refractivity contribution < 1.29 is 19.5 Å². The van der Waals surface area contributed by atoms with Gasteiger partial charge in [0, 0.05) is 25.0 Å². The molecule has 0 unspecified atom stereocenters. The summed E-state index contributed by atoms with van der Waals surface area (Å²) in [5.41, 5.74) is 0. The Balaban J connectivity index is 1.60. The minimum atomic E-state index is -0.920. The van der Waals surface area contributed by atoms with E-state index in [1.54, 1.807) is 0 Å². The zero-order valence-electron chi connectivity index (χ0n) is 10.6. The van der Waals surface area contributed by atoms with Crippen molar-refractivity contribution in [1.82, 2.24) is 10.2 Å². The van der Waals surface area contributed by atoms with Crippen LogP contribution >= 0.6 is 11.8 Å². The second-order valence-corrected chi connectivity index (χ2v) is 5.92. The molecule has 2 bridgehead atoms. The van der Waals surface area contributed by atoms with E-state index in [9.17, 15) is 14.4 Å². The number of carboxylic acid groups (broad SMARTS) is 1. The summed E-state index contributed by atoms with van der Waals surface area (Å²) in [6.07, 6.45) is 3.07. The Morgan fingerprint density at radius 1 is 1.37 bits per heavy atom. The van der Waals surface area contributed by atoms with Crippen molar-refractivity contribution in [2.45, 2.75) is 25.3 Å². The van der Waals surface area contributed by atoms with Crippen molar-refractivity contribution in [1.29, 1.82) is 0 Å². The number of carboxylic acids is 1. The van der Waals surface area contributed by atoms with Gasteiger partial charge in [-0.2, -0.15) is 0 Å². The van der Waals surface area contributed by atoms with Crippen molar-refractivity contribution in [3.63, 3.8) is 0 Å². The summed E-state index contributed by atoms with van der Waals surface area (Å²) in [6.45, 7) is 1.01. The molecule has 2 aliphatic rings. The van der Waals surface area contributed by atoms with Gasteiger partial charge in [0.1, 0.15) is 0 Å². The quantitative estimate of drug-likeness (QED) is 0.684. The zero-order valence-corrected chi connectivity index (χ0v) is 11.4. The normalized spacial score (nSPS) is 24.8. The number of piperidine rings is 1. The highest BCUT2D eigenvalue weighted by Gasteiger charge is 2.43. The second kappa shape index (κ2) is 6.27. The van der Waals surface area contributed by atoms with Gasteiger partial charge < -0.3 is 15.3 Å². The Labute approximate surface area is 115 Å². The smallest absolute Gasteiger partial charge is 0.313 e. The highest BCUT2D eigenvalue weighted by atomic mass is 32.2. The van der Waals surface area contributed by atoms with Crippen LogP contribution in [0, 0.1) is 5.92 Å². The van der Waals surface area contributed by atoms with Gasteiger partial charge in [0.05, 0.1) is 11.5 Å². The molecule has 0 spiro atoms. The molecular formula is C12H18N2O4S. The Bertz CT molecular complexity index is 388. The summed E-state index contributed by atoms with van der Waals surface area (Å²) >= 11 is 1.07. The Morgan fingerprint density at radius 3 is 2.79 bits per heavy atom. The first kappa shape index (κ1) is 14.2. The number of nitrogens with one attached hydrogen (secondary N) is 1. The molecule has 1 aliphatic carbocycles. The number of amides is 2. The highest BCUT2D eigenvalue weighted by Crippen LogP contribution is 2.37. The van der Waals surface area contributed by atoms with Crippen molar-refractivity contribution in [2.75, 3.05) is 24.6 Å². The molecule has 7 heteroatoms. The number of nitrogens with zero attached hydrogens (tertiary/aromatic N) is 1. The monoisotopic (exact) mass is 286 g/mol. The Kier molecular flexibility index (Phi) is 4.68. The lowest BCUT2D eigenvalue weighted by atomic mass is 10.1. The third-order valence-corrected chi connectivity index (χ3v) is 4.53. The third-order valence-electron chi connectivity index (χ3n) is 3.61. The van der Waals surface area contributed by atoms with Crippen molar-refractivity contribution in [2.24, 2.45) is 5.92 Å². The average Bonchev–Trinajstić information content (AvgIpc) is 2.92. The van der Waals surface area contributed by atoms with Gasteiger partial charge in [-0.25, -0.2) is 0 Å². The molecule has 19 heavy (non-hydrogen) atoms. The second-order valence-electron chi connectivity index (χ2n) is 4.93. The summed E-state index contributed by atoms with van der Waals surface area (Å²) in [5, 5.41) is 11.2. The number of carbonyl (C=O) groups excluding carboxylic acids is 2. The van der Waals surface area contributed by atoms with Crippen LogP contribution in [0.5, 0.6) is 0 Å². The zero-order chi connectivity index (χ0) is 13.8. The van der Waals surface area contributed by atoms with Crippen LogP contribution in [0.3, 0.4) is 0 Å². The van der Waals surface area contributed by atoms with E-state index in [0.29, 0.717) is 19.1 Å². The van der Waals surface area contributed by atoms with E-state index in [1.807, 2.05) is 4.90 Å². The first-order chi connectivity index (χ1) is 9.08. The van der Waals surface area contributed by atoms with Crippen LogP contribution in [-0.4, -0.2) is 58.4 Å². The van der Waals surface area contributed by atoms with Gasteiger partial charge in [-0.15, -0.1) is 11.8 Å². The Morgan fingerprint density at radius 2 is 2.16 bits per heavy atom. The number of hydrogen-bond acceptors (Lipinski definition) is 4. The molecule has 0 aromatic heterocycles. The minimum Gasteiger partial charge on any atom is -0.481 e. The lowest BCUT2D eigenvalue weighted by molar-refractivity contribution is -0.135. The van der Waals surface area contributed by atoms with Crippen LogP contribution in [0.4, 0.5) is 0 Å². The molecule has 2 atom stereocenters. The standard InChI is InChI=1S/C12H18N2O4S/c15-10(6-19-7-11(16)17)13-3-4-14-9-2-1-8(5-9)12(14)18/h8-9H,1-7H2,(H,13,15)(H,16,17)/t8-,9+/m1/s1. The molecule has 0 aromatic rings. The third kappa shape index (κ3) is 3.62. The van der Waals surface area contributed by atoms with Gasteiger partial charge in [-0.05, 0) is 19.3 Å². The van der Waals surface area contributed by atoms with E-state index in [-0.39, 0.29) is 29.2 Å². The Hall–Kier alpha value is -1.24. The predicted octanol–water partition coefficient (Wildman–Crippen LogP) is -0.0687. The summed E-state index contributed by atoms with van der Waals surface area (Å²) in [4.78, 5) is 35.4. The van der Waals surface area contributed by atoms with Crippen LogP contribution < -0.4 is 5.32 Å². The van der Waals surface area contributed by atoms with E-state index in [2.05, 4.69) is 5.32 Å². The highest BCUT2D eigenvalue weighted by molar-refractivity contribution is 8.00. The number of fused-ring (bicyclic) bond motifs is 2. The maximum Gasteiger partial charge on any atom is 0.313 e. The van der Waals surface area contributed by atoms with Crippen LogP contribution in [0.15, 0.2) is 0 Å². The SMILES string of the molecule is O=C(O)CSCC(=O)NCCN1C(=O)[C@@H]2CC[C@H]1C2. The molecule has 6 nitrogen and oxygen atoms in total. The topological polar surface area (TPSA) is 86.7 Å². The molecule has 2 N–H and O–H groups in total. The lowest BCUT2D eigenvalue weighted by Crippen LogP contribution is -2.42. The summed E-state index contributed by atoms with van der Waals surface area (Å²) in [5.74, 6) is -0.578. The summed E-state index contributed by atoms with van der Waals surface area (Å²) < 4.78 is 0. The van der Waals surface area contributed by atoms with Crippen LogP contribution in [0.2, 0.25) is 0 Å². The fraction of sp³-hybridized carbons (Fsp3) is 0.750. The van der Waals surface area contributed by atoms with E-state index < -0.39 is 5.97 Å². The number of hydrogen-bond donors (Lipinski definition) is 2. The molecule has 0 aromatic carbocycles. The van der Waals surface area contributed by atoms with E-state index in [0.717, 1.165) is 31.0 Å². The lowest BCUT2D eigenvalue weighted by Gasteiger charge is -2.27. The first-order valence-electron chi connectivity index (χ1n) is 6.44.